The lowest BCUT2D eigenvalue weighted by Gasteiger charge is -2.11. The number of nitro benzene ring substituents is 1. The fraction of sp³-hybridized carbons (Fsp3) is 0.121. The van der Waals surface area contributed by atoms with Crippen LogP contribution in [0, 0.1) is 10.1 Å². The zero-order valence-electron chi connectivity index (χ0n) is 23.8. The Morgan fingerprint density at radius 1 is 0.844 bits per heavy atom. The standard InChI is InChI=1S/C33H26F3N5O4/c1-37-31(42)19-14-27-20-30(23-4-2-21(3-5-23)22-6-10-25(11-7-22)33(34,35)36)40(39-27)28-17-12-26(13-18-28)38-32(43)24-8-15-29(16-9-24)41(44)45/h2-13,15-18,20H,14,19H2,1H3,(H,37,42)(H,38,43). The van der Waals surface area contributed by atoms with E-state index in [1.165, 1.54) is 36.4 Å². The molecule has 0 aliphatic heterocycles. The van der Waals surface area contributed by atoms with Crippen molar-refractivity contribution in [3.05, 3.63) is 130 Å². The van der Waals surface area contributed by atoms with Crippen LogP contribution in [0.2, 0.25) is 0 Å². The van der Waals surface area contributed by atoms with Crippen LogP contribution in [0.4, 0.5) is 24.5 Å². The van der Waals surface area contributed by atoms with Crippen LogP contribution in [0.15, 0.2) is 103 Å². The highest BCUT2D eigenvalue weighted by molar-refractivity contribution is 6.04. The van der Waals surface area contributed by atoms with Gasteiger partial charge in [0.2, 0.25) is 5.91 Å². The molecule has 0 saturated heterocycles. The molecule has 2 amide bonds. The number of hydrogen-bond donors (Lipinski definition) is 2. The number of hydrogen-bond acceptors (Lipinski definition) is 5. The molecule has 0 unspecified atom stereocenters. The third-order valence-corrected chi connectivity index (χ3v) is 7.08. The van der Waals surface area contributed by atoms with E-state index in [2.05, 4.69) is 10.6 Å². The zero-order chi connectivity index (χ0) is 32.1. The van der Waals surface area contributed by atoms with E-state index >= 15 is 0 Å². The van der Waals surface area contributed by atoms with Crippen LogP contribution in [-0.4, -0.2) is 33.6 Å². The summed E-state index contributed by atoms with van der Waals surface area (Å²) in [6.45, 7) is 0. The molecule has 0 aliphatic rings. The minimum absolute atomic E-state index is 0.116. The third-order valence-electron chi connectivity index (χ3n) is 7.08. The van der Waals surface area contributed by atoms with Crippen LogP contribution in [0.5, 0.6) is 0 Å². The van der Waals surface area contributed by atoms with Crippen LogP contribution < -0.4 is 10.6 Å². The maximum Gasteiger partial charge on any atom is 0.416 e. The summed E-state index contributed by atoms with van der Waals surface area (Å²) in [4.78, 5) is 34.9. The molecule has 0 spiro atoms. The van der Waals surface area contributed by atoms with Crippen molar-refractivity contribution < 1.29 is 27.7 Å². The summed E-state index contributed by atoms with van der Waals surface area (Å²) in [7, 11) is 1.56. The summed E-state index contributed by atoms with van der Waals surface area (Å²) < 4.78 is 40.6. The maximum atomic E-state index is 13.0. The lowest BCUT2D eigenvalue weighted by Crippen LogP contribution is -2.18. The van der Waals surface area contributed by atoms with Gasteiger partial charge in [-0.1, -0.05) is 36.4 Å². The molecule has 0 bridgehead atoms. The quantitative estimate of drug-likeness (QED) is 0.136. The highest BCUT2D eigenvalue weighted by Gasteiger charge is 2.30. The van der Waals surface area contributed by atoms with Crippen molar-refractivity contribution in [2.45, 2.75) is 19.0 Å². The topological polar surface area (TPSA) is 119 Å². The first-order valence-electron chi connectivity index (χ1n) is 13.8. The van der Waals surface area contributed by atoms with Gasteiger partial charge in [0.05, 0.1) is 27.6 Å². The molecule has 2 N–H and O–H groups in total. The molecule has 1 aromatic heterocycles. The second-order valence-electron chi connectivity index (χ2n) is 10.1. The predicted molar refractivity (Wildman–Crippen MR) is 163 cm³/mol. The Bertz CT molecular complexity index is 1830. The van der Waals surface area contributed by atoms with Gasteiger partial charge in [0.25, 0.3) is 11.6 Å². The summed E-state index contributed by atoms with van der Waals surface area (Å²) >= 11 is 0. The number of benzene rings is 4. The van der Waals surface area contributed by atoms with Crippen LogP contribution in [0.3, 0.4) is 0 Å². The van der Waals surface area contributed by atoms with E-state index in [0.29, 0.717) is 29.1 Å². The zero-order valence-corrected chi connectivity index (χ0v) is 23.8. The van der Waals surface area contributed by atoms with Crippen molar-refractivity contribution in [1.29, 1.82) is 0 Å². The number of nitrogens with one attached hydrogen (secondary N) is 2. The first-order valence-corrected chi connectivity index (χ1v) is 13.8. The number of amides is 2. The summed E-state index contributed by atoms with van der Waals surface area (Å²) in [5, 5.41) is 21.0. The molecule has 0 saturated carbocycles. The number of anilines is 1. The number of alkyl halides is 3. The summed E-state index contributed by atoms with van der Waals surface area (Å²) in [5.41, 5.74) is 4.18. The van der Waals surface area contributed by atoms with E-state index in [9.17, 15) is 32.9 Å². The molecule has 1 heterocycles. The molecule has 9 nitrogen and oxygen atoms in total. The predicted octanol–water partition coefficient (Wildman–Crippen LogP) is 7.06. The molecule has 0 atom stereocenters. The first-order chi connectivity index (χ1) is 21.5. The number of carbonyl (C=O) groups excluding carboxylic acids is 2. The molecular formula is C33H26F3N5O4. The number of carbonyl (C=O) groups is 2. The van der Waals surface area contributed by atoms with Gasteiger partial charge in [0, 0.05) is 48.8 Å². The second kappa shape index (κ2) is 12.8. The molecular weight excluding hydrogens is 587 g/mol. The summed E-state index contributed by atoms with van der Waals surface area (Å²) in [6, 6.07) is 26.4. The number of aryl methyl sites for hydroxylation is 1. The fourth-order valence-corrected chi connectivity index (χ4v) is 4.63. The van der Waals surface area contributed by atoms with Gasteiger partial charge >= 0.3 is 6.18 Å². The van der Waals surface area contributed by atoms with Crippen molar-refractivity contribution in [2.75, 3.05) is 12.4 Å². The molecule has 4 aromatic carbocycles. The lowest BCUT2D eigenvalue weighted by molar-refractivity contribution is -0.384. The van der Waals surface area contributed by atoms with Crippen LogP contribution in [0.25, 0.3) is 28.1 Å². The van der Waals surface area contributed by atoms with E-state index in [4.69, 9.17) is 5.10 Å². The number of nitro groups is 1. The lowest BCUT2D eigenvalue weighted by atomic mass is 10.0. The molecule has 0 aliphatic carbocycles. The van der Waals surface area contributed by atoms with E-state index in [0.717, 1.165) is 29.0 Å². The van der Waals surface area contributed by atoms with E-state index < -0.39 is 22.6 Å². The van der Waals surface area contributed by atoms with Crippen molar-refractivity contribution in [2.24, 2.45) is 0 Å². The van der Waals surface area contributed by atoms with Crippen LogP contribution in [-0.2, 0) is 17.4 Å². The van der Waals surface area contributed by atoms with Gasteiger partial charge in [0.1, 0.15) is 0 Å². The normalized spacial score (nSPS) is 11.2. The van der Waals surface area contributed by atoms with Gasteiger partial charge in [-0.05, 0) is 65.7 Å². The first kappa shape index (κ1) is 30.7. The maximum absolute atomic E-state index is 13.0. The Hall–Kier alpha value is -5.78. The highest BCUT2D eigenvalue weighted by Crippen LogP contribution is 2.32. The second-order valence-corrected chi connectivity index (χ2v) is 10.1. The van der Waals surface area contributed by atoms with E-state index in [-0.39, 0.29) is 23.6 Å². The molecule has 5 rings (SSSR count). The number of rotatable bonds is 9. The fourth-order valence-electron chi connectivity index (χ4n) is 4.63. The average molecular weight is 614 g/mol. The average Bonchev–Trinajstić information content (AvgIpc) is 3.48. The Morgan fingerprint density at radius 3 is 1.98 bits per heavy atom. The monoisotopic (exact) mass is 613 g/mol. The van der Waals surface area contributed by atoms with Gasteiger partial charge in [-0.25, -0.2) is 4.68 Å². The smallest absolute Gasteiger partial charge is 0.359 e. The van der Waals surface area contributed by atoms with Gasteiger partial charge < -0.3 is 10.6 Å². The van der Waals surface area contributed by atoms with Crippen LogP contribution in [0.1, 0.15) is 28.0 Å². The largest absolute Gasteiger partial charge is 0.416 e. The summed E-state index contributed by atoms with van der Waals surface area (Å²) in [5.74, 6) is -0.554. The van der Waals surface area contributed by atoms with Crippen molar-refractivity contribution in [3.8, 4) is 28.1 Å². The molecule has 228 valence electrons. The van der Waals surface area contributed by atoms with Crippen molar-refractivity contribution >= 4 is 23.2 Å². The number of non-ortho nitro benzene ring substituents is 1. The number of halogens is 3. The SMILES string of the molecule is CNC(=O)CCc1cc(-c2ccc(-c3ccc(C(F)(F)F)cc3)cc2)n(-c2ccc(NC(=O)c3ccc([N+](=O)[O-])cc3)cc2)n1. The van der Waals surface area contributed by atoms with Gasteiger partial charge in [-0.15, -0.1) is 0 Å². The van der Waals surface area contributed by atoms with E-state index in [1.807, 2.05) is 30.3 Å². The van der Waals surface area contributed by atoms with Gasteiger partial charge in [-0.3, -0.25) is 19.7 Å². The van der Waals surface area contributed by atoms with Crippen molar-refractivity contribution in [3.63, 3.8) is 0 Å². The molecule has 45 heavy (non-hydrogen) atoms. The Kier molecular flexibility index (Phi) is 8.75. The minimum Gasteiger partial charge on any atom is -0.359 e. The Balaban J connectivity index is 1.39. The van der Waals surface area contributed by atoms with Gasteiger partial charge in [-0.2, -0.15) is 18.3 Å². The third kappa shape index (κ3) is 7.24. The molecule has 0 radical (unpaired) electrons. The molecule has 0 fully saturated rings. The van der Waals surface area contributed by atoms with Gasteiger partial charge in [0.15, 0.2) is 0 Å². The molecule has 12 heteroatoms. The highest BCUT2D eigenvalue weighted by atomic mass is 19.4. The molecule has 5 aromatic rings. The minimum atomic E-state index is -4.41. The number of aromatic nitrogens is 2. The summed E-state index contributed by atoms with van der Waals surface area (Å²) in [6.07, 6.45) is -3.77. The Labute approximate surface area is 255 Å². The van der Waals surface area contributed by atoms with E-state index in [1.54, 1.807) is 36.0 Å². The van der Waals surface area contributed by atoms with Crippen molar-refractivity contribution in [1.82, 2.24) is 15.1 Å². The van der Waals surface area contributed by atoms with Crippen LogP contribution >= 0.6 is 0 Å². The Morgan fingerprint density at radius 2 is 1.42 bits per heavy atom. The number of nitrogens with zero attached hydrogens (tertiary/aromatic N) is 3.